The summed E-state index contributed by atoms with van der Waals surface area (Å²) in [4.78, 5) is 0. The third kappa shape index (κ3) is 1.77. The lowest BCUT2D eigenvalue weighted by atomic mass is 9.90. The van der Waals surface area contributed by atoms with Crippen molar-refractivity contribution in [1.29, 1.82) is 0 Å². The highest BCUT2D eigenvalue weighted by Crippen LogP contribution is 2.38. The lowest BCUT2D eigenvalue weighted by molar-refractivity contribution is -0.865. The first-order valence-electron chi connectivity index (χ1n) is 6.35. The number of rotatable bonds is 1. The van der Waals surface area contributed by atoms with Crippen LogP contribution in [0.25, 0.3) is 6.08 Å². The quantitative estimate of drug-likeness (QED) is 0.660. The molecule has 1 atom stereocenters. The van der Waals surface area contributed by atoms with Gasteiger partial charge in [0.2, 0.25) is 0 Å². The maximum Gasteiger partial charge on any atom is 0.145 e. The van der Waals surface area contributed by atoms with Crippen LogP contribution in [0, 0.1) is 0 Å². The molecule has 1 aliphatic rings. The highest BCUT2D eigenvalue weighted by atomic mass is 15.3. The van der Waals surface area contributed by atoms with E-state index >= 15 is 0 Å². The van der Waals surface area contributed by atoms with Crippen LogP contribution < -0.4 is 0 Å². The fourth-order valence-electron chi connectivity index (χ4n) is 2.83. The van der Waals surface area contributed by atoms with Crippen LogP contribution in [0.1, 0.15) is 22.7 Å². The van der Waals surface area contributed by atoms with Crippen molar-refractivity contribution in [3.8, 4) is 0 Å². The molecule has 90 valence electrons. The number of quaternary nitrogens is 1. The Morgan fingerprint density at radius 1 is 0.833 bits per heavy atom. The number of fused-ring (bicyclic) bond motifs is 1. The van der Waals surface area contributed by atoms with Crippen molar-refractivity contribution in [2.24, 2.45) is 0 Å². The van der Waals surface area contributed by atoms with Gasteiger partial charge in [0.15, 0.2) is 0 Å². The Bertz CT molecular complexity index is 582. The summed E-state index contributed by atoms with van der Waals surface area (Å²) in [7, 11) is 4.51. The Labute approximate surface area is 109 Å². The van der Waals surface area contributed by atoms with Gasteiger partial charge in [0.25, 0.3) is 0 Å². The molecular formula is C17H18N+. The Morgan fingerprint density at radius 2 is 1.50 bits per heavy atom. The number of nitrogens with zero attached hydrogens (tertiary/aromatic N) is 1. The second kappa shape index (κ2) is 4.11. The van der Waals surface area contributed by atoms with Crippen LogP contribution in [0.5, 0.6) is 0 Å². The fourth-order valence-corrected chi connectivity index (χ4v) is 2.83. The van der Waals surface area contributed by atoms with E-state index in [1.54, 1.807) is 0 Å². The van der Waals surface area contributed by atoms with Crippen molar-refractivity contribution in [1.82, 2.24) is 0 Å². The van der Waals surface area contributed by atoms with Crippen molar-refractivity contribution in [2.45, 2.75) is 6.04 Å². The highest BCUT2D eigenvalue weighted by Gasteiger charge is 2.33. The van der Waals surface area contributed by atoms with Crippen LogP contribution in [0.2, 0.25) is 0 Å². The highest BCUT2D eigenvalue weighted by molar-refractivity contribution is 5.57. The monoisotopic (exact) mass is 236 g/mol. The summed E-state index contributed by atoms with van der Waals surface area (Å²) < 4.78 is 0.862. The predicted molar refractivity (Wildman–Crippen MR) is 75.9 cm³/mol. The summed E-state index contributed by atoms with van der Waals surface area (Å²) in [6.07, 6.45) is 4.51. The summed E-state index contributed by atoms with van der Waals surface area (Å²) in [5.41, 5.74) is 4.12. The zero-order chi connectivity index (χ0) is 12.6. The van der Waals surface area contributed by atoms with E-state index in [4.69, 9.17) is 0 Å². The van der Waals surface area contributed by atoms with Crippen LogP contribution in [0.4, 0.5) is 0 Å². The van der Waals surface area contributed by atoms with Gasteiger partial charge in [-0.2, -0.15) is 0 Å². The summed E-state index contributed by atoms with van der Waals surface area (Å²) >= 11 is 0. The van der Waals surface area contributed by atoms with E-state index in [1.165, 1.54) is 16.7 Å². The van der Waals surface area contributed by atoms with E-state index in [2.05, 4.69) is 81.0 Å². The first kappa shape index (κ1) is 11.2. The van der Waals surface area contributed by atoms with Gasteiger partial charge in [0.05, 0.1) is 20.3 Å². The third-order valence-electron chi connectivity index (χ3n) is 3.71. The number of benzene rings is 2. The molecule has 0 N–H and O–H groups in total. The van der Waals surface area contributed by atoms with Crippen molar-refractivity contribution in [3.63, 3.8) is 0 Å². The molecule has 0 saturated heterocycles. The van der Waals surface area contributed by atoms with Crippen LogP contribution in [0.3, 0.4) is 0 Å². The average Bonchev–Trinajstić information content (AvgIpc) is 2.39. The molecule has 2 aromatic rings. The molecule has 0 radical (unpaired) electrons. The second-order valence-electron chi connectivity index (χ2n) is 5.39. The normalized spacial score (nSPS) is 20.4. The number of hydrogen-bond donors (Lipinski definition) is 0. The molecule has 1 nitrogen and oxygen atoms in total. The van der Waals surface area contributed by atoms with Gasteiger partial charge in [-0.25, -0.2) is 0 Å². The van der Waals surface area contributed by atoms with Gasteiger partial charge >= 0.3 is 0 Å². The van der Waals surface area contributed by atoms with Crippen molar-refractivity contribution < 1.29 is 4.48 Å². The topological polar surface area (TPSA) is 0 Å². The van der Waals surface area contributed by atoms with Gasteiger partial charge in [0.1, 0.15) is 6.04 Å². The largest absolute Gasteiger partial charge is 0.292 e. The molecule has 1 heterocycles. The maximum atomic E-state index is 2.28. The molecule has 1 aliphatic heterocycles. The maximum absolute atomic E-state index is 2.28. The zero-order valence-corrected chi connectivity index (χ0v) is 10.9. The van der Waals surface area contributed by atoms with Crippen molar-refractivity contribution >= 4 is 6.08 Å². The van der Waals surface area contributed by atoms with Gasteiger partial charge in [-0.15, -0.1) is 0 Å². The third-order valence-corrected chi connectivity index (χ3v) is 3.71. The minimum Gasteiger partial charge on any atom is -0.292 e. The van der Waals surface area contributed by atoms with E-state index in [1.807, 2.05) is 0 Å². The van der Waals surface area contributed by atoms with Crippen LogP contribution >= 0.6 is 0 Å². The van der Waals surface area contributed by atoms with Gasteiger partial charge < -0.3 is 0 Å². The summed E-state index contributed by atoms with van der Waals surface area (Å²) in [5, 5.41) is 0. The van der Waals surface area contributed by atoms with Crippen molar-refractivity contribution in [2.75, 3.05) is 14.1 Å². The smallest absolute Gasteiger partial charge is 0.145 e. The minimum atomic E-state index is 0.382. The lowest BCUT2D eigenvalue weighted by Gasteiger charge is -2.38. The summed E-state index contributed by atoms with van der Waals surface area (Å²) in [5.74, 6) is 0. The van der Waals surface area contributed by atoms with Gasteiger partial charge in [-0.3, -0.25) is 4.48 Å². The Kier molecular flexibility index (Phi) is 2.57. The predicted octanol–water partition coefficient (Wildman–Crippen LogP) is 3.84. The Morgan fingerprint density at radius 3 is 2.28 bits per heavy atom. The lowest BCUT2D eigenvalue weighted by Crippen LogP contribution is -2.40. The van der Waals surface area contributed by atoms with Crippen LogP contribution in [0.15, 0.2) is 60.8 Å². The van der Waals surface area contributed by atoms with E-state index in [0.29, 0.717) is 6.04 Å². The molecule has 3 rings (SSSR count). The van der Waals surface area contributed by atoms with Gasteiger partial charge in [-0.05, 0) is 11.6 Å². The average molecular weight is 236 g/mol. The minimum absolute atomic E-state index is 0.382. The van der Waals surface area contributed by atoms with Gasteiger partial charge in [-0.1, -0.05) is 54.6 Å². The Balaban J connectivity index is 2.19. The number of hydrogen-bond acceptors (Lipinski definition) is 0. The molecule has 0 fully saturated rings. The molecule has 0 aromatic heterocycles. The molecule has 2 aromatic carbocycles. The molecular weight excluding hydrogens is 218 g/mol. The molecule has 1 heteroatoms. The molecule has 1 unspecified atom stereocenters. The molecule has 0 spiro atoms. The molecule has 0 aliphatic carbocycles. The Hall–Kier alpha value is -1.86. The van der Waals surface area contributed by atoms with Crippen molar-refractivity contribution in [3.05, 3.63) is 77.5 Å². The first-order chi connectivity index (χ1) is 8.68. The summed E-state index contributed by atoms with van der Waals surface area (Å²) in [6.45, 7) is 0. The second-order valence-corrected chi connectivity index (χ2v) is 5.39. The van der Waals surface area contributed by atoms with E-state index < -0.39 is 0 Å². The van der Waals surface area contributed by atoms with E-state index in [9.17, 15) is 0 Å². The summed E-state index contributed by atoms with van der Waals surface area (Å²) in [6, 6.07) is 19.8. The van der Waals surface area contributed by atoms with E-state index in [0.717, 1.165) is 4.48 Å². The van der Waals surface area contributed by atoms with Crippen LogP contribution in [-0.2, 0) is 0 Å². The fraction of sp³-hybridized carbons (Fsp3) is 0.176. The SMILES string of the molecule is C[N+]1(C)C=Cc2ccccc2C1c1ccccc1. The van der Waals surface area contributed by atoms with E-state index in [-0.39, 0.29) is 0 Å². The molecule has 0 saturated carbocycles. The zero-order valence-electron chi connectivity index (χ0n) is 10.9. The van der Waals surface area contributed by atoms with Crippen LogP contribution in [-0.4, -0.2) is 18.6 Å². The molecule has 18 heavy (non-hydrogen) atoms. The first-order valence-corrected chi connectivity index (χ1v) is 6.35. The molecule has 0 amide bonds. The molecule has 0 bridgehead atoms. The van der Waals surface area contributed by atoms with Gasteiger partial charge in [0, 0.05) is 11.1 Å². The standard InChI is InChI=1S/C17H18N/c1-18(2)13-12-14-8-6-7-11-16(14)17(18)15-9-4-3-5-10-15/h3-13,17H,1-2H3/q+1.